The number of hydrogen-bond acceptors (Lipinski definition) is 7. The minimum atomic E-state index is -0.718. The monoisotopic (exact) mass is 523 g/mol. The zero-order valence-corrected chi connectivity index (χ0v) is 21.4. The van der Waals surface area contributed by atoms with E-state index < -0.39 is 17.7 Å². The van der Waals surface area contributed by atoms with Gasteiger partial charge in [-0.1, -0.05) is 54.1 Å². The molecule has 9 heteroatoms. The lowest BCUT2D eigenvalue weighted by Crippen LogP contribution is -2.43. The number of rotatable bonds is 7. The van der Waals surface area contributed by atoms with Gasteiger partial charge in [-0.15, -0.1) is 11.3 Å². The summed E-state index contributed by atoms with van der Waals surface area (Å²) in [4.78, 5) is 36.0. The Hall–Kier alpha value is -3.04. The van der Waals surface area contributed by atoms with Crippen molar-refractivity contribution in [1.29, 1.82) is 0 Å². The summed E-state index contributed by atoms with van der Waals surface area (Å²) in [6, 6.07) is 16.0. The summed E-state index contributed by atoms with van der Waals surface area (Å²) in [5, 5.41) is 12.3. The Morgan fingerprint density at radius 1 is 1.11 bits per heavy atom. The summed E-state index contributed by atoms with van der Waals surface area (Å²) in [7, 11) is 0. The molecule has 1 N–H and O–H groups in total. The Bertz CT molecular complexity index is 1300. The van der Waals surface area contributed by atoms with Crippen LogP contribution in [-0.2, 0) is 9.53 Å². The number of hydrogen-bond donors (Lipinski definition) is 1. The Kier molecular flexibility index (Phi) is 7.20. The number of aliphatic hydroxyl groups excluding tert-OH is 1. The Balaban J connectivity index is 1.49. The molecule has 1 atom stereocenters. The number of morpholine rings is 1. The van der Waals surface area contributed by atoms with Crippen molar-refractivity contribution in [3.63, 3.8) is 0 Å². The largest absolute Gasteiger partial charge is 0.503 e. The summed E-state index contributed by atoms with van der Waals surface area (Å²) < 4.78 is 5.42. The molecule has 0 aliphatic carbocycles. The van der Waals surface area contributed by atoms with Crippen LogP contribution in [0.1, 0.15) is 27.0 Å². The average molecular weight is 524 g/mol. The predicted molar refractivity (Wildman–Crippen MR) is 139 cm³/mol. The number of ether oxygens (including phenoxy) is 1. The van der Waals surface area contributed by atoms with Crippen LogP contribution >= 0.6 is 22.9 Å². The number of Topliss-reactive ketones (excluding diaryl/α,β-unsaturated/α-hetero) is 1. The normalized spacial score (nSPS) is 18.8. The van der Waals surface area contributed by atoms with E-state index in [1.807, 2.05) is 30.3 Å². The number of aliphatic hydroxyl groups is 1. The van der Waals surface area contributed by atoms with Crippen LogP contribution in [0.25, 0.3) is 10.6 Å². The molecule has 0 unspecified atom stereocenters. The Labute approximate surface area is 218 Å². The van der Waals surface area contributed by atoms with Crippen molar-refractivity contribution >= 4 is 34.6 Å². The number of amides is 1. The maximum atomic E-state index is 13.9. The van der Waals surface area contributed by atoms with E-state index in [0.717, 1.165) is 18.7 Å². The predicted octanol–water partition coefficient (Wildman–Crippen LogP) is 4.68. The third-order valence-corrected chi connectivity index (χ3v) is 7.98. The molecule has 36 heavy (non-hydrogen) atoms. The maximum Gasteiger partial charge on any atom is 0.290 e. The first kappa shape index (κ1) is 24.6. The van der Waals surface area contributed by atoms with Crippen LogP contribution in [0.15, 0.2) is 65.9 Å². The van der Waals surface area contributed by atoms with Gasteiger partial charge < -0.3 is 14.7 Å². The molecule has 0 spiro atoms. The zero-order valence-electron chi connectivity index (χ0n) is 19.8. The van der Waals surface area contributed by atoms with E-state index in [1.165, 1.54) is 11.3 Å². The molecule has 0 saturated carbocycles. The van der Waals surface area contributed by atoms with Crippen molar-refractivity contribution in [3.8, 4) is 10.6 Å². The fourth-order valence-corrected chi connectivity index (χ4v) is 5.77. The van der Waals surface area contributed by atoms with Crippen molar-refractivity contribution in [1.82, 2.24) is 14.8 Å². The van der Waals surface area contributed by atoms with Crippen LogP contribution in [0.4, 0.5) is 0 Å². The molecule has 2 aliphatic heterocycles. The molecule has 1 fully saturated rings. The summed E-state index contributed by atoms with van der Waals surface area (Å²) in [6.45, 7) is 5.61. The molecule has 2 aromatic carbocycles. The van der Waals surface area contributed by atoms with E-state index in [9.17, 15) is 14.7 Å². The smallest absolute Gasteiger partial charge is 0.290 e. The number of aryl methyl sites for hydroxylation is 1. The van der Waals surface area contributed by atoms with Gasteiger partial charge in [0.05, 0.1) is 35.4 Å². The molecule has 0 radical (unpaired) electrons. The third-order valence-electron chi connectivity index (χ3n) is 6.52. The minimum Gasteiger partial charge on any atom is -0.503 e. The molecule has 1 aromatic heterocycles. The van der Waals surface area contributed by atoms with E-state index in [1.54, 1.807) is 36.1 Å². The number of halogens is 1. The van der Waals surface area contributed by atoms with Crippen molar-refractivity contribution in [2.24, 2.45) is 0 Å². The zero-order chi connectivity index (χ0) is 25.2. The molecule has 186 valence electrons. The SMILES string of the molecule is Cc1nc(-c2ccccc2)sc1C(=O)C1=C(O)C(=O)N(CCN2CCOCC2)[C@H]1c1ccc(Cl)cc1. The van der Waals surface area contributed by atoms with E-state index in [2.05, 4.69) is 9.88 Å². The average Bonchev–Trinajstić information content (AvgIpc) is 3.41. The van der Waals surface area contributed by atoms with Gasteiger partial charge in [-0.25, -0.2) is 4.98 Å². The van der Waals surface area contributed by atoms with Gasteiger partial charge in [0.15, 0.2) is 5.76 Å². The van der Waals surface area contributed by atoms with Gasteiger partial charge in [0.1, 0.15) is 5.01 Å². The molecule has 1 amide bonds. The molecule has 2 aliphatic rings. The minimum absolute atomic E-state index is 0.0793. The Morgan fingerprint density at radius 3 is 2.50 bits per heavy atom. The number of benzene rings is 2. The van der Waals surface area contributed by atoms with Gasteiger partial charge in [0.25, 0.3) is 5.91 Å². The van der Waals surface area contributed by atoms with Crippen LogP contribution in [0.3, 0.4) is 0 Å². The number of ketones is 1. The lowest BCUT2D eigenvalue weighted by Gasteiger charge is -2.31. The summed E-state index contributed by atoms with van der Waals surface area (Å²) in [5.74, 6) is -1.43. The fraction of sp³-hybridized carbons (Fsp3) is 0.296. The van der Waals surface area contributed by atoms with E-state index in [4.69, 9.17) is 16.3 Å². The molecule has 7 nitrogen and oxygen atoms in total. The van der Waals surface area contributed by atoms with Crippen molar-refractivity contribution in [3.05, 3.63) is 87.1 Å². The first-order chi connectivity index (χ1) is 17.4. The lowest BCUT2D eigenvalue weighted by molar-refractivity contribution is -0.129. The van der Waals surface area contributed by atoms with E-state index >= 15 is 0 Å². The highest BCUT2D eigenvalue weighted by molar-refractivity contribution is 7.17. The number of carbonyl (C=O) groups excluding carboxylic acids is 2. The molecule has 0 bridgehead atoms. The van der Waals surface area contributed by atoms with Gasteiger partial charge in [-0.05, 0) is 24.6 Å². The van der Waals surface area contributed by atoms with Gasteiger partial charge in [-0.2, -0.15) is 0 Å². The van der Waals surface area contributed by atoms with Crippen molar-refractivity contribution in [2.45, 2.75) is 13.0 Å². The maximum absolute atomic E-state index is 13.9. The second-order valence-electron chi connectivity index (χ2n) is 8.80. The highest BCUT2D eigenvalue weighted by atomic mass is 35.5. The molecule has 3 heterocycles. The van der Waals surface area contributed by atoms with Gasteiger partial charge in [0, 0.05) is 36.8 Å². The Morgan fingerprint density at radius 2 is 1.81 bits per heavy atom. The van der Waals surface area contributed by atoms with Crippen molar-refractivity contribution < 1.29 is 19.4 Å². The van der Waals surface area contributed by atoms with Crippen LogP contribution in [0.2, 0.25) is 5.02 Å². The first-order valence-electron chi connectivity index (χ1n) is 11.8. The number of nitrogens with zero attached hydrogens (tertiary/aromatic N) is 3. The van der Waals surface area contributed by atoms with Gasteiger partial charge in [-0.3, -0.25) is 14.5 Å². The highest BCUT2D eigenvalue weighted by Crippen LogP contribution is 2.41. The molecule has 1 saturated heterocycles. The molecular weight excluding hydrogens is 498 g/mol. The second-order valence-corrected chi connectivity index (χ2v) is 10.2. The fourth-order valence-electron chi connectivity index (χ4n) is 4.62. The quantitative estimate of drug-likeness (QED) is 0.453. The highest BCUT2D eigenvalue weighted by Gasteiger charge is 2.44. The third kappa shape index (κ3) is 4.82. The van der Waals surface area contributed by atoms with Gasteiger partial charge in [0.2, 0.25) is 5.78 Å². The molecular formula is C27H26ClN3O4S. The summed E-state index contributed by atoms with van der Waals surface area (Å²) in [5.41, 5.74) is 2.27. The standard InChI is InChI=1S/C27H26ClN3O4S/c1-17-25(36-26(29-17)19-5-3-2-4-6-19)23(32)21-22(18-7-9-20(28)10-8-18)31(27(34)24(21)33)12-11-30-13-15-35-16-14-30/h2-10,22,33H,11-16H2,1H3/t22-/m0/s1. The first-order valence-corrected chi connectivity index (χ1v) is 13.0. The van der Waals surface area contributed by atoms with Crippen LogP contribution < -0.4 is 0 Å². The number of aromatic nitrogens is 1. The molecule has 5 rings (SSSR count). The second kappa shape index (κ2) is 10.5. The number of carbonyl (C=O) groups is 2. The summed E-state index contributed by atoms with van der Waals surface area (Å²) >= 11 is 7.39. The van der Waals surface area contributed by atoms with Crippen LogP contribution in [0, 0.1) is 6.92 Å². The van der Waals surface area contributed by atoms with Crippen LogP contribution in [0.5, 0.6) is 0 Å². The van der Waals surface area contributed by atoms with Gasteiger partial charge >= 0.3 is 0 Å². The van der Waals surface area contributed by atoms with E-state index in [-0.39, 0.29) is 11.4 Å². The topological polar surface area (TPSA) is 83.0 Å². The molecule has 3 aromatic rings. The summed E-state index contributed by atoms with van der Waals surface area (Å²) in [6.07, 6.45) is 0. The van der Waals surface area contributed by atoms with Crippen LogP contribution in [-0.4, -0.2) is 71.0 Å². The van der Waals surface area contributed by atoms with E-state index in [0.29, 0.717) is 52.5 Å². The van der Waals surface area contributed by atoms with Crippen molar-refractivity contribution in [2.75, 3.05) is 39.4 Å². The number of thiazole rings is 1. The lowest BCUT2D eigenvalue weighted by atomic mass is 9.95.